The quantitative estimate of drug-likeness (QED) is 0.814. The number of hydrogen-bond acceptors (Lipinski definition) is 2. The fourth-order valence-corrected chi connectivity index (χ4v) is 5.19. The van der Waals surface area contributed by atoms with Crippen molar-refractivity contribution < 1.29 is 8.42 Å². The molecule has 0 radical (unpaired) electrons. The molecular weight excluding hydrogens is 338 g/mol. The Morgan fingerprint density at radius 2 is 2.06 bits per heavy atom. The van der Waals surface area contributed by atoms with Gasteiger partial charge in [-0.25, -0.2) is 8.42 Å². The third kappa shape index (κ3) is 2.46. The normalized spacial score (nSPS) is 20.2. The minimum atomic E-state index is -3.51. The van der Waals surface area contributed by atoms with Gasteiger partial charge >= 0.3 is 0 Å². The molecule has 1 saturated heterocycles. The van der Waals surface area contributed by atoms with Crippen molar-refractivity contribution in [3.63, 3.8) is 0 Å². The zero-order chi connectivity index (χ0) is 13.6. The summed E-state index contributed by atoms with van der Waals surface area (Å²) >= 11 is 9.33. The maximum atomic E-state index is 12.6. The molecule has 3 nitrogen and oxygen atoms in total. The van der Waals surface area contributed by atoms with Crippen LogP contribution in [0.15, 0.2) is 27.6 Å². The van der Waals surface area contributed by atoms with Gasteiger partial charge in [0.2, 0.25) is 10.0 Å². The van der Waals surface area contributed by atoms with Crippen molar-refractivity contribution in [2.75, 3.05) is 6.54 Å². The predicted molar refractivity (Wildman–Crippen MR) is 76.4 cm³/mol. The summed E-state index contributed by atoms with van der Waals surface area (Å²) in [6.07, 6.45) is 1.76. The van der Waals surface area contributed by atoms with Crippen LogP contribution in [0.3, 0.4) is 0 Å². The molecule has 1 heterocycles. The summed E-state index contributed by atoms with van der Waals surface area (Å²) in [5.41, 5.74) is -0.338. The van der Waals surface area contributed by atoms with E-state index < -0.39 is 10.0 Å². The highest BCUT2D eigenvalue weighted by atomic mass is 79.9. The van der Waals surface area contributed by atoms with Crippen LogP contribution >= 0.6 is 27.5 Å². The van der Waals surface area contributed by atoms with Crippen molar-refractivity contribution in [1.82, 2.24) is 4.31 Å². The van der Waals surface area contributed by atoms with Gasteiger partial charge in [0.25, 0.3) is 0 Å². The average Bonchev–Trinajstić information content (AvgIpc) is 2.58. The highest BCUT2D eigenvalue weighted by Gasteiger charge is 2.41. The van der Waals surface area contributed by atoms with Crippen LogP contribution in [0.25, 0.3) is 0 Å². The summed E-state index contributed by atoms with van der Waals surface area (Å²) in [6.45, 7) is 4.45. The molecule has 100 valence electrons. The van der Waals surface area contributed by atoms with Crippen LogP contribution in [0.5, 0.6) is 0 Å². The molecular formula is C12H15BrClNO2S. The van der Waals surface area contributed by atoms with Crippen molar-refractivity contribution in [2.24, 2.45) is 0 Å². The topological polar surface area (TPSA) is 37.4 Å². The molecule has 2 rings (SSSR count). The second-order valence-electron chi connectivity index (χ2n) is 5.07. The number of hydrogen-bond donors (Lipinski definition) is 0. The van der Waals surface area contributed by atoms with E-state index in [1.165, 1.54) is 0 Å². The number of halogens is 2. The Balaban J connectivity index is 2.49. The van der Waals surface area contributed by atoms with Crippen LogP contribution in [0, 0.1) is 0 Å². The van der Waals surface area contributed by atoms with Crippen LogP contribution in [0.4, 0.5) is 0 Å². The molecule has 0 saturated carbocycles. The molecule has 0 bridgehead atoms. The molecule has 6 heteroatoms. The van der Waals surface area contributed by atoms with Crippen LogP contribution in [-0.2, 0) is 10.0 Å². The van der Waals surface area contributed by atoms with E-state index in [4.69, 9.17) is 11.6 Å². The zero-order valence-corrected chi connectivity index (χ0v) is 13.4. The van der Waals surface area contributed by atoms with Crippen molar-refractivity contribution in [1.29, 1.82) is 0 Å². The number of rotatable bonds is 2. The van der Waals surface area contributed by atoms with E-state index in [1.54, 1.807) is 22.5 Å². The molecule has 0 aromatic heterocycles. The Bertz CT molecular complexity index is 571. The van der Waals surface area contributed by atoms with E-state index in [9.17, 15) is 8.42 Å². The first-order valence-electron chi connectivity index (χ1n) is 5.73. The van der Waals surface area contributed by atoms with Crippen LogP contribution < -0.4 is 0 Å². The minimum Gasteiger partial charge on any atom is -0.207 e. The van der Waals surface area contributed by atoms with E-state index in [0.717, 1.165) is 17.3 Å². The van der Waals surface area contributed by atoms with E-state index >= 15 is 0 Å². The number of nitrogens with zero attached hydrogens (tertiary/aromatic N) is 1. The second-order valence-corrected chi connectivity index (χ2v) is 8.22. The molecule has 1 aromatic rings. The van der Waals surface area contributed by atoms with Gasteiger partial charge in [-0.15, -0.1) is 0 Å². The van der Waals surface area contributed by atoms with Gasteiger partial charge in [0.05, 0.1) is 5.02 Å². The first kappa shape index (κ1) is 14.3. The highest BCUT2D eigenvalue weighted by Crippen LogP contribution is 2.36. The van der Waals surface area contributed by atoms with Gasteiger partial charge in [-0.05, 0) is 44.9 Å². The Kier molecular flexibility index (Phi) is 3.80. The summed E-state index contributed by atoms with van der Waals surface area (Å²) in [5, 5.41) is 0.257. The summed E-state index contributed by atoms with van der Waals surface area (Å²) in [4.78, 5) is 0.183. The van der Waals surface area contributed by atoms with Crippen molar-refractivity contribution in [3.05, 3.63) is 27.7 Å². The minimum absolute atomic E-state index is 0.183. The maximum absolute atomic E-state index is 12.6. The molecule has 0 aliphatic carbocycles. The molecule has 0 N–H and O–H groups in total. The lowest BCUT2D eigenvalue weighted by Gasteiger charge is -2.30. The Morgan fingerprint density at radius 3 is 2.56 bits per heavy atom. The first-order chi connectivity index (χ1) is 8.25. The lowest BCUT2D eigenvalue weighted by molar-refractivity contribution is 0.292. The highest BCUT2D eigenvalue weighted by molar-refractivity contribution is 9.10. The molecule has 18 heavy (non-hydrogen) atoms. The molecule has 0 amide bonds. The van der Waals surface area contributed by atoms with Gasteiger partial charge in [-0.3, -0.25) is 0 Å². The van der Waals surface area contributed by atoms with E-state index in [0.29, 0.717) is 6.54 Å². The molecule has 1 aliphatic rings. The van der Waals surface area contributed by atoms with Gasteiger partial charge in [0.1, 0.15) is 4.90 Å². The summed E-state index contributed by atoms with van der Waals surface area (Å²) in [7, 11) is -3.51. The zero-order valence-electron chi connectivity index (χ0n) is 10.3. The third-order valence-corrected chi connectivity index (χ3v) is 6.37. The largest absolute Gasteiger partial charge is 0.245 e. The summed E-state index contributed by atoms with van der Waals surface area (Å²) in [6, 6.07) is 4.86. The fraction of sp³-hybridized carbons (Fsp3) is 0.500. The van der Waals surface area contributed by atoms with Crippen molar-refractivity contribution in [3.8, 4) is 0 Å². The van der Waals surface area contributed by atoms with Crippen LogP contribution in [0.1, 0.15) is 26.7 Å². The standard InChI is InChI=1S/C12H15BrClNO2S/c1-12(2)6-3-7-15(12)18(16,17)11-5-4-9(13)8-10(11)14/h4-5,8H,3,6-7H2,1-2H3. The lowest BCUT2D eigenvalue weighted by atomic mass is 10.0. The smallest absolute Gasteiger partial charge is 0.207 e. The van der Waals surface area contributed by atoms with Crippen LogP contribution in [-0.4, -0.2) is 24.8 Å². The van der Waals surface area contributed by atoms with E-state index in [-0.39, 0.29) is 15.5 Å². The van der Waals surface area contributed by atoms with Crippen molar-refractivity contribution >= 4 is 37.6 Å². The molecule has 0 unspecified atom stereocenters. The maximum Gasteiger partial charge on any atom is 0.245 e. The summed E-state index contributed by atoms with van der Waals surface area (Å²) in [5.74, 6) is 0. The van der Waals surface area contributed by atoms with Gasteiger partial charge in [0.15, 0.2) is 0 Å². The third-order valence-electron chi connectivity index (χ3n) is 3.29. The second kappa shape index (κ2) is 4.78. The van der Waals surface area contributed by atoms with Gasteiger partial charge < -0.3 is 0 Å². The van der Waals surface area contributed by atoms with E-state index in [1.807, 2.05) is 13.8 Å². The Hall–Kier alpha value is -0.100. The van der Waals surface area contributed by atoms with Gasteiger partial charge in [0, 0.05) is 16.6 Å². The van der Waals surface area contributed by atoms with Gasteiger partial charge in [-0.2, -0.15) is 4.31 Å². The van der Waals surface area contributed by atoms with Gasteiger partial charge in [-0.1, -0.05) is 27.5 Å². The van der Waals surface area contributed by atoms with Crippen molar-refractivity contribution in [2.45, 2.75) is 37.1 Å². The SMILES string of the molecule is CC1(C)CCCN1S(=O)(=O)c1ccc(Br)cc1Cl. The Labute approximate surface area is 121 Å². The molecule has 1 aliphatic heterocycles. The summed E-state index contributed by atoms with van der Waals surface area (Å²) < 4.78 is 27.5. The average molecular weight is 353 g/mol. The van der Waals surface area contributed by atoms with Crippen LogP contribution in [0.2, 0.25) is 5.02 Å². The number of sulfonamides is 1. The van der Waals surface area contributed by atoms with E-state index in [2.05, 4.69) is 15.9 Å². The predicted octanol–water partition coefficient (Wildman–Crippen LogP) is 3.67. The Morgan fingerprint density at radius 1 is 1.39 bits per heavy atom. The molecule has 0 spiro atoms. The molecule has 1 aromatic carbocycles. The molecule has 1 fully saturated rings. The monoisotopic (exact) mass is 351 g/mol. The fourth-order valence-electron chi connectivity index (χ4n) is 2.33. The molecule has 0 atom stereocenters. The lowest BCUT2D eigenvalue weighted by Crippen LogP contribution is -2.42. The number of benzene rings is 1. The first-order valence-corrected chi connectivity index (χ1v) is 8.34.